The van der Waals surface area contributed by atoms with Gasteiger partial charge in [0.1, 0.15) is 0 Å². The molecule has 30 heavy (non-hydrogen) atoms. The van der Waals surface area contributed by atoms with Crippen molar-refractivity contribution in [2.75, 3.05) is 26.2 Å². The summed E-state index contributed by atoms with van der Waals surface area (Å²) in [6, 6.07) is 11.0. The van der Waals surface area contributed by atoms with Gasteiger partial charge in [0.25, 0.3) is 5.91 Å². The topological polar surface area (TPSA) is 62.6 Å². The largest absolute Gasteiger partial charge is 0.351 e. The van der Waals surface area contributed by atoms with Crippen molar-refractivity contribution in [3.05, 3.63) is 54.4 Å². The van der Waals surface area contributed by atoms with Crippen molar-refractivity contribution in [2.24, 2.45) is 11.8 Å². The Morgan fingerprint density at radius 3 is 2.23 bits per heavy atom. The van der Waals surface area contributed by atoms with Gasteiger partial charge in [-0.15, -0.1) is 0 Å². The Bertz CT molecular complexity index is 969. The van der Waals surface area contributed by atoms with Crippen LogP contribution in [0.5, 0.6) is 0 Å². The maximum Gasteiger partial charge on any atom is 0.253 e. The lowest BCUT2D eigenvalue weighted by Crippen LogP contribution is -2.42. The Labute approximate surface area is 179 Å². The zero-order chi connectivity index (χ0) is 21.3. The molecule has 2 aromatic rings. The van der Waals surface area contributed by atoms with Gasteiger partial charge < -0.3 is 9.47 Å². The van der Waals surface area contributed by atoms with E-state index in [2.05, 4.69) is 30.8 Å². The molecule has 2 fully saturated rings. The molecule has 4 rings (SSSR count). The highest BCUT2D eigenvalue weighted by Gasteiger charge is 2.32. The molecule has 0 saturated carbocycles. The molecule has 2 unspecified atom stereocenters. The molecule has 7 heteroatoms. The van der Waals surface area contributed by atoms with Crippen molar-refractivity contribution in [1.82, 2.24) is 13.8 Å². The summed E-state index contributed by atoms with van der Waals surface area (Å²) in [4.78, 5) is 15.1. The molecule has 0 spiro atoms. The highest BCUT2D eigenvalue weighted by molar-refractivity contribution is 7.89. The lowest BCUT2D eigenvalue weighted by molar-refractivity contribution is 0.0694. The molecule has 2 saturated heterocycles. The summed E-state index contributed by atoms with van der Waals surface area (Å²) in [6.45, 7) is 6.63. The quantitative estimate of drug-likeness (QED) is 0.746. The van der Waals surface area contributed by atoms with Crippen LogP contribution < -0.4 is 0 Å². The second-order valence-corrected chi connectivity index (χ2v) is 10.9. The standard InChI is InChI=1S/C23H31N3O3S/c1-18-14-19(2)17-26(16-18)30(28,29)22-7-5-6-20(15-22)23(27)25-12-8-21(9-13-25)24-10-3-4-11-24/h3-7,10-11,15,18-19,21H,8-9,12-14,16-17H2,1-2H3. The van der Waals surface area contributed by atoms with Gasteiger partial charge in [-0.2, -0.15) is 4.31 Å². The maximum atomic E-state index is 13.2. The van der Waals surface area contributed by atoms with Crippen LogP contribution in [0.15, 0.2) is 53.7 Å². The first-order valence-corrected chi connectivity index (χ1v) is 12.3. The van der Waals surface area contributed by atoms with Crippen LogP contribution in [-0.4, -0.2) is 54.3 Å². The van der Waals surface area contributed by atoms with Crippen LogP contribution in [0.4, 0.5) is 0 Å². The third kappa shape index (κ3) is 4.32. The second kappa shape index (κ2) is 8.55. The summed E-state index contributed by atoms with van der Waals surface area (Å²) in [5.74, 6) is 0.600. The van der Waals surface area contributed by atoms with E-state index in [0.717, 1.165) is 19.3 Å². The Morgan fingerprint density at radius 1 is 0.967 bits per heavy atom. The summed E-state index contributed by atoms with van der Waals surface area (Å²) in [5.41, 5.74) is 0.452. The van der Waals surface area contributed by atoms with Crippen LogP contribution in [0.1, 0.15) is 49.5 Å². The highest BCUT2D eigenvalue weighted by atomic mass is 32.2. The van der Waals surface area contributed by atoms with E-state index in [1.54, 1.807) is 28.6 Å². The first-order chi connectivity index (χ1) is 14.3. The Balaban J connectivity index is 1.47. The summed E-state index contributed by atoms with van der Waals surface area (Å²) in [7, 11) is -3.59. The van der Waals surface area contributed by atoms with Crippen molar-refractivity contribution in [3.63, 3.8) is 0 Å². The normalized spacial score (nSPS) is 24.1. The number of carbonyl (C=O) groups is 1. The van der Waals surface area contributed by atoms with Crippen molar-refractivity contribution in [2.45, 2.75) is 44.0 Å². The molecule has 0 N–H and O–H groups in total. The number of hydrogen-bond donors (Lipinski definition) is 0. The molecule has 1 aromatic carbocycles. The monoisotopic (exact) mass is 429 g/mol. The van der Waals surface area contributed by atoms with Gasteiger partial charge in [0.2, 0.25) is 10.0 Å². The number of rotatable bonds is 4. The minimum Gasteiger partial charge on any atom is -0.351 e. The fraction of sp³-hybridized carbons (Fsp3) is 0.522. The summed E-state index contributed by atoms with van der Waals surface area (Å²) in [5, 5.41) is 0. The maximum absolute atomic E-state index is 13.2. The molecule has 162 valence electrons. The van der Waals surface area contributed by atoms with E-state index in [0.29, 0.717) is 49.6 Å². The van der Waals surface area contributed by atoms with Crippen molar-refractivity contribution < 1.29 is 13.2 Å². The van der Waals surface area contributed by atoms with Gasteiger partial charge >= 0.3 is 0 Å². The predicted molar refractivity (Wildman–Crippen MR) is 117 cm³/mol. The Morgan fingerprint density at radius 2 is 1.60 bits per heavy atom. The van der Waals surface area contributed by atoms with Crippen molar-refractivity contribution in [3.8, 4) is 0 Å². The summed E-state index contributed by atoms with van der Waals surface area (Å²) < 4.78 is 30.2. The summed E-state index contributed by atoms with van der Waals surface area (Å²) >= 11 is 0. The number of likely N-dealkylation sites (tertiary alicyclic amines) is 1. The average Bonchev–Trinajstić information content (AvgIpc) is 3.28. The van der Waals surface area contributed by atoms with Gasteiger partial charge in [-0.05, 0) is 61.4 Å². The van der Waals surface area contributed by atoms with E-state index in [1.807, 2.05) is 17.0 Å². The molecule has 0 aliphatic carbocycles. The van der Waals surface area contributed by atoms with Crippen LogP contribution in [0.2, 0.25) is 0 Å². The molecule has 2 atom stereocenters. The van der Waals surface area contributed by atoms with Gasteiger partial charge in [-0.3, -0.25) is 4.79 Å². The molecule has 2 aliphatic rings. The molecule has 0 radical (unpaired) electrons. The molecule has 0 bridgehead atoms. The molecule has 6 nitrogen and oxygen atoms in total. The smallest absolute Gasteiger partial charge is 0.253 e. The first kappa shape index (κ1) is 21.1. The molecule has 3 heterocycles. The van der Waals surface area contributed by atoms with E-state index < -0.39 is 10.0 Å². The van der Waals surface area contributed by atoms with Gasteiger partial charge in [-0.25, -0.2) is 8.42 Å². The SMILES string of the molecule is CC1CC(C)CN(S(=O)(=O)c2cccc(C(=O)N3CCC(n4cccc4)CC3)c2)C1. The average molecular weight is 430 g/mol. The first-order valence-electron chi connectivity index (χ1n) is 10.9. The minimum absolute atomic E-state index is 0.0848. The third-order valence-electron chi connectivity index (χ3n) is 6.35. The van der Waals surface area contributed by atoms with Crippen LogP contribution in [0.3, 0.4) is 0 Å². The lowest BCUT2D eigenvalue weighted by Gasteiger charge is -2.34. The van der Waals surface area contributed by atoms with E-state index >= 15 is 0 Å². The zero-order valence-electron chi connectivity index (χ0n) is 17.8. The molecule has 1 aromatic heterocycles. The van der Waals surface area contributed by atoms with Crippen molar-refractivity contribution in [1.29, 1.82) is 0 Å². The van der Waals surface area contributed by atoms with E-state index in [4.69, 9.17) is 0 Å². The number of hydrogen-bond acceptors (Lipinski definition) is 3. The van der Waals surface area contributed by atoms with Crippen LogP contribution >= 0.6 is 0 Å². The predicted octanol–water partition coefficient (Wildman–Crippen LogP) is 3.63. The Hall–Kier alpha value is -2.12. The van der Waals surface area contributed by atoms with Gasteiger partial charge in [0.05, 0.1) is 4.90 Å². The van der Waals surface area contributed by atoms with Crippen LogP contribution in [0.25, 0.3) is 0 Å². The Kier molecular flexibility index (Phi) is 6.02. The van der Waals surface area contributed by atoms with Gasteiger partial charge in [-0.1, -0.05) is 19.9 Å². The minimum atomic E-state index is -3.59. The molecular weight excluding hydrogens is 398 g/mol. The van der Waals surface area contributed by atoms with Gasteiger partial charge in [0.15, 0.2) is 0 Å². The number of aromatic nitrogens is 1. The zero-order valence-corrected chi connectivity index (χ0v) is 18.6. The van der Waals surface area contributed by atoms with E-state index in [9.17, 15) is 13.2 Å². The summed E-state index contributed by atoms with van der Waals surface area (Å²) in [6.07, 6.45) is 6.99. The number of piperidine rings is 2. The fourth-order valence-corrected chi connectivity index (χ4v) is 6.61. The number of benzene rings is 1. The molecule has 2 aliphatic heterocycles. The number of carbonyl (C=O) groups excluding carboxylic acids is 1. The molecular formula is C23H31N3O3S. The van der Waals surface area contributed by atoms with E-state index in [-0.39, 0.29) is 10.8 Å². The lowest BCUT2D eigenvalue weighted by atomic mass is 9.94. The second-order valence-electron chi connectivity index (χ2n) is 8.95. The van der Waals surface area contributed by atoms with Crippen molar-refractivity contribution >= 4 is 15.9 Å². The number of nitrogens with zero attached hydrogens (tertiary/aromatic N) is 3. The third-order valence-corrected chi connectivity index (χ3v) is 8.18. The molecule has 1 amide bonds. The van der Waals surface area contributed by atoms with Crippen LogP contribution in [0, 0.1) is 11.8 Å². The highest BCUT2D eigenvalue weighted by Crippen LogP contribution is 2.28. The van der Waals surface area contributed by atoms with E-state index in [1.165, 1.54) is 0 Å². The number of sulfonamides is 1. The van der Waals surface area contributed by atoms with Crippen LogP contribution in [-0.2, 0) is 10.0 Å². The fourth-order valence-electron chi connectivity index (χ4n) is 4.88. The van der Waals surface area contributed by atoms with Gasteiger partial charge in [0, 0.05) is 50.2 Å². The number of amides is 1.